The van der Waals surface area contributed by atoms with Gasteiger partial charge in [-0.1, -0.05) is 17.7 Å². The van der Waals surface area contributed by atoms with Gasteiger partial charge >= 0.3 is 0 Å². The van der Waals surface area contributed by atoms with Crippen LogP contribution in [0.4, 0.5) is 5.82 Å². The van der Waals surface area contributed by atoms with Crippen LogP contribution in [-0.4, -0.2) is 23.0 Å². The number of nitrogens with zero attached hydrogens (tertiary/aromatic N) is 2. The van der Waals surface area contributed by atoms with Crippen LogP contribution in [0.15, 0.2) is 18.2 Å². The van der Waals surface area contributed by atoms with Crippen LogP contribution < -0.4 is 14.8 Å². The summed E-state index contributed by atoms with van der Waals surface area (Å²) in [4.78, 5) is 0. The van der Waals surface area contributed by atoms with Crippen molar-refractivity contribution in [1.29, 1.82) is 0 Å². The molecule has 2 aromatic rings. The van der Waals surface area contributed by atoms with E-state index in [-0.39, 0.29) is 6.04 Å². The zero-order valence-electron chi connectivity index (χ0n) is 10.8. The lowest BCUT2D eigenvalue weighted by atomic mass is 10.1. The minimum atomic E-state index is 0.0289. The number of aromatic nitrogens is 2. The van der Waals surface area contributed by atoms with E-state index in [9.17, 15) is 0 Å². The van der Waals surface area contributed by atoms with Crippen LogP contribution in [0.3, 0.4) is 0 Å². The van der Waals surface area contributed by atoms with Gasteiger partial charge in [0.15, 0.2) is 22.5 Å². The van der Waals surface area contributed by atoms with Crippen LogP contribution in [0.25, 0.3) is 0 Å². The number of rotatable bonds is 5. The Balaban J connectivity index is 2.19. The van der Waals surface area contributed by atoms with Gasteiger partial charge in [0, 0.05) is 0 Å². The first-order chi connectivity index (χ1) is 9.15. The van der Waals surface area contributed by atoms with Crippen molar-refractivity contribution in [1.82, 2.24) is 8.75 Å². The fourth-order valence-electron chi connectivity index (χ4n) is 1.67. The summed E-state index contributed by atoms with van der Waals surface area (Å²) < 4.78 is 18.5. The molecule has 0 saturated heterocycles. The predicted molar refractivity (Wildman–Crippen MR) is 76.5 cm³/mol. The molecule has 7 heteroatoms. The number of anilines is 1. The lowest BCUT2D eigenvalue weighted by Gasteiger charge is -2.16. The van der Waals surface area contributed by atoms with Crippen molar-refractivity contribution in [3.05, 3.63) is 28.9 Å². The second kappa shape index (κ2) is 6.08. The highest BCUT2D eigenvalue weighted by Gasteiger charge is 2.13. The standard InChI is InChI=1S/C12H14ClN3O2S/c1-7(14-12-11(13)15-19-16-12)8-4-5-9(17-2)10(6-8)18-3/h4-7H,1-3H3,(H,14,16). The average Bonchev–Trinajstić information content (AvgIpc) is 2.83. The minimum absolute atomic E-state index is 0.0289. The van der Waals surface area contributed by atoms with E-state index >= 15 is 0 Å². The molecular formula is C12H14ClN3O2S. The Kier molecular flexibility index (Phi) is 4.44. The molecule has 0 spiro atoms. The minimum Gasteiger partial charge on any atom is -0.493 e. The van der Waals surface area contributed by atoms with Gasteiger partial charge < -0.3 is 14.8 Å². The van der Waals surface area contributed by atoms with Gasteiger partial charge in [-0.05, 0) is 24.6 Å². The number of hydrogen-bond donors (Lipinski definition) is 1. The van der Waals surface area contributed by atoms with Crippen molar-refractivity contribution in [2.75, 3.05) is 19.5 Å². The molecule has 0 amide bonds. The first kappa shape index (κ1) is 13.9. The molecule has 1 unspecified atom stereocenters. The Hall–Kier alpha value is -1.53. The Morgan fingerprint density at radius 2 is 1.95 bits per heavy atom. The van der Waals surface area contributed by atoms with Crippen molar-refractivity contribution in [3.8, 4) is 11.5 Å². The topological polar surface area (TPSA) is 56.3 Å². The monoisotopic (exact) mass is 299 g/mol. The lowest BCUT2D eigenvalue weighted by molar-refractivity contribution is 0.354. The molecule has 5 nitrogen and oxygen atoms in total. The van der Waals surface area contributed by atoms with Crippen molar-refractivity contribution >= 4 is 29.1 Å². The number of halogens is 1. The number of ether oxygens (including phenoxy) is 2. The fourth-order valence-corrected chi connectivity index (χ4v) is 2.33. The smallest absolute Gasteiger partial charge is 0.186 e. The number of benzene rings is 1. The number of hydrogen-bond acceptors (Lipinski definition) is 6. The SMILES string of the molecule is COc1ccc(C(C)Nc2nsnc2Cl)cc1OC. The van der Waals surface area contributed by atoms with Gasteiger partial charge in [0.1, 0.15) is 0 Å². The third-order valence-corrected chi connectivity index (χ3v) is 3.60. The van der Waals surface area contributed by atoms with Crippen LogP contribution in [0, 0.1) is 0 Å². The summed E-state index contributed by atoms with van der Waals surface area (Å²) >= 11 is 6.99. The van der Waals surface area contributed by atoms with Crippen LogP contribution in [0.2, 0.25) is 5.15 Å². The Labute approximate surface area is 120 Å². The van der Waals surface area contributed by atoms with Gasteiger partial charge in [-0.15, -0.1) is 0 Å². The summed E-state index contributed by atoms with van der Waals surface area (Å²) in [6, 6.07) is 5.78. The van der Waals surface area contributed by atoms with Crippen molar-refractivity contribution < 1.29 is 9.47 Å². The number of nitrogens with one attached hydrogen (secondary N) is 1. The highest BCUT2D eigenvalue weighted by molar-refractivity contribution is 6.99. The molecule has 2 rings (SSSR count). The van der Waals surface area contributed by atoms with E-state index in [1.807, 2.05) is 25.1 Å². The summed E-state index contributed by atoms with van der Waals surface area (Å²) in [6.07, 6.45) is 0. The Morgan fingerprint density at radius 3 is 2.53 bits per heavy atom. The molecular weight excluding hydrogens is 286 g/mol. The molecule has 1 atom stereocenters. The van der Waals surface area contributed by atoms with Gasteiger partial charge in [-0.3, -0.25) is 0 Å². The first-order valence-electron chi connectivity index (χ1n) is 5.62. The zero-order valence-corrected chi connectivity index (χ0v) is 12.4. The van der Waals surface area contributed by atoms with Gasteiger partial charge in [-0.25, -0.2) is 0 Å². The summed E-state index contributed by atoms with van der Waals surface area (Å²) in [5.74, 6) is 1.98. The molecule has 1 aromatic heterocycles. The van der Waals surface area contributed by atoms with Crippen LogP contribution in [0.1, 0.15) is 18.5 Å². The molecule has 1 N–H and O–H groups in total. The highest BCUT2D eigenvalue weighted by Crippen LogP contribution is 2.31. The fraction of sp³-hybridized carbons (Fsp3) is 0.333. The third-order valence-electron chi connectivity index (χ3n) is 2.71. The van der Waals surface area contributed by atoms with Crippen LogP contribution in [0.5, 0.6) is 11.5 Å². The van der Waals surface area contributed by atoms with Crippen LogP contribution >= 0.6 is 23.3 Å². The molecule has 1 aromatic carbocycles. The summed E-state index contributed by atoms with van der Waals surface area (Å²) in [6.45, 7) is 2.01. The molecule has 0 bridgehead atoms. The van der Waals surface area contributed by atoms with Gasteiger partial charge in [0.05, 0.1) is 32.0 Å². The normalized spacial score (nSPS) is 12.0. The summed E-state index contributed by atoms with van der Waals surface area (Å²) in [5.41, 5.74) is 1.04. The maximum Gasteiger partial charge on any atom is 0.186 e. The van der Waals surface area contributed by atoms with Gasteiger partial charge in [0.25, 0.3) is 0 Å². The largest absolute Gasteiger partial charge is 0.493 e. The second-order valence-electron chi connectivity index (χ2n) is 3.88. The van der Waals surface area contributed by atoms with E-state index in [1.54, 1.807) is 14.2 Å². The second-order valence-corrected chi connectivity index (χ2v) is 4.77. The van der Waals surface area contributed by atoms with E-state index in [4.69, 9.17) is 21.1 Å². The quantitative estimate of drug-likeness (QED) is 0.917. The van der Waals surface area contributed by atoms with E-state index in [2.05, 4.69) is 14.1 Å². The zero-order chi connectivity index (χ0) is 13.8. The molecule has 0 aliphatic rings. The number of methoxy groups -OCH3 is 2. The van der Waals surface area contributed by atoms with Gasteiger partial charge in [-0.2, -0.15) is 8.75 Å². The Bertz CT molecular complexity index is 562. The maximum absolute atomic E-state index is 5.91. The van der Waals surface area contributed by atoms with E-state index in [1.165, 1.54) is 0 Å². The molecule has 0 aliphatic carbocycles. The van der Waals surface area contributed by atoms with E-state index in [0.717, 1.165) is 17.3 Å². The van der Waals surface area contributed by atoms with Crippen molar-refractivity contribution in [2.24, 2.45) is 0 Å². The van der Waals surface area contributed by atoms with E-state index < -0.39 is 0 Å². The van der Waals surface area contributed by atoms with Crippen molar-refractivity contribution in [3.63, 3.8) is 0 Å². The predicted octanol–water partition coefficient (Wildman–Crippen LogP) is 3.38. The molecule has 102 valence electrons. The third kappa shape index (κ3) is 3.08. The van der Waals surface area contributed by atoms with Crippen molar-refractivity contribution in [2.45, 2.75) is 13.0 Å². The molecule has 0 saturated carbocycles. The first-order valence-corrected chi connectivity index (χ1v) is 6.73. The van der Waals surface area contributed by atoms with E-state index in [0.29, 0.717) is 22.5 Å². The summed E-state index contributed by atoms with van der Waals surface area (Å²) in [5, 5.41) is 3.59. The molecule has 0 aliphatic heterocycles. The Morgan fingerprint density at radius 1 is 1.21 bits per heavy atom. The molecule has 19 heavy (non-hydrogen) atoms. The summed E-state index contributed by atoms with van der Waals surface area (Å²) in [7, 11) is 3.22. The average molecular weight is 300 g/mol. The molecule has 1 heterocycles. The maximum atomic E-state index is 5.91. The highest BCUT2D eigenvalue weighted by atomic mass is 35.5. The van der Waals surface area contributed by atoms with Crippen LogP contribution in [-0.2, 0) is 0 Å². The lowest BCUT2D eigenvalue weighted by Crippen LogP contribution is -2.07. The molecule has 0 fully saturated rings. The molecule has 0 radical (unpaired) electrons. The van der Waals surface area contributed by atoms with Gasteiger partial charge in [0.2, 0.25) is 0 Å².